The van der Waals surface area contributed by atoms with Gasteiger partial charge in [0, 0.05) is 5.69 Å². The molecule has 0 fully saturated rings. The Morgan fingerprint density at radius 3 is 2.73 bits per heavy atom. The predicted molar refractivity (Wildman–Crippen MR) is 102 cm³/mol. The van der Waals surface area contributed by atoms with E-state index in [2.05, 4.69) is 20.3 Å². The molecule has 2 aromatic heterocycles. The first kappa shape index (κ1) is 16.1. The maximum Gasteiger partial charge on any atom is 0.296 e. The van der Waals surface area contributed by atoms with Crippen LogP contribution in [0.1, 0.15) is 11.3 Å². The molecule has 26 heavy (non-hydrogen) atoms. The Bertz CT molecular complexity index is 1230. The van der Waals surface area contributed by atoms with Gasteiger partial charge in [-0.2, -0.15) is 14.9 Å². The number of H-pyrrole nitrogens is 1. The highest BCUT2D eigenvalue weighted by molar-refractivity contribution is 7.71. The average molecular weight is 362 g/mol. The molecule has 0 spiro atoms. The third kappa shape index (κ3) is 2.86. The zero-order valence-corrected chi connectivity index (χ0v) is 14.6. The molecule has 0 saturated heterocycles. The topological polar surface area (TPSA) is 80.9 Å². The molecule has 0 aliphatic heterocycles. The van der Waals surface area contributed by atoms with Gasteiger partial charge in [-0.1, -0.05) is 24.3 Å². The SMILES string of the molecule is Cc1n[nH]c(=S)n(/N=C/c2ccc(-n3cnc4ccccc43)cc2)c1=O. The van der Waals surface area contributed by atoms with Crippen LogP contribution in [0, 0.1) is 11.7 Å². The van der Waals surface area contributed by atoms with Crippen molar-refractivity contribution in [2.45, 2.75) is 6.92 Å². The molecule has 0 unspecified atom stereocenters. The Balaban J connectivity index is 1.66. The predicted octanol–water partition coefficient (Wildman–Crippen LogP) is 2.83. The van der Waals surface area contributed by atoms with Gasteiger partial charge in [0.1, 0.15) is 12.0 Å². The number of hydrogen-bond donors (Lipinski definition) is 1. The minimum absolute atomic E-state index is 0.151. The number of fused-ring (bicyclic) bond motifs is 1. The molecule has 0 aliphatic rings. The van der Waals surface area contributed by atoms with Crippen molar-refractivity contribution in [3.63, 3.8) is 0 Å². The fraction of sp³-hybridized carbons (Fsp3) is 0.0556. The molecule has 128 valence electrons. The molecule has 0 radical (unpaired) electrons. The van der Waals surface area contributed by atoms with Crippen molar-refractivity contribution < 1.29 is 0 Å². The molecule has 4 rings (SSSR count). The molecule has 2 aromatic carbocycles. The lowest BCUT2D eigenvalue weighted by Crippen LogP contribution is -2.22. The summed E-state index contributed by atoms with van der Waals surface area (Å²) in [5.41, 5.74) is 3.78. The van der Waals surface area contributed by atoms with Crippen LogP contribution in [0.15, 0.2) is 64.8 Å². The number of aromatic amines is 1. The van der Waals surface area contributed by atoms with Gasteiger partial charge in [0.15, 0.2) is 0 Å². The van der Waals surface area contributed by atoms with Crippen LogP contribution in [0.25, 0.3) is 16.7 Å². The van der Waals surface area contributed by atoms with Crippen molar-refractivity contribution in [3.05, 3.63) is 81.2 Å². The van der Waals surface area contributed by atoms with Crippen molar-refractivity contribution in [2.75, 3.05) is 0 Å². The molecular weight excluding hydrogens is 348 g/mol. The Hall–Kier alpha value is -3.39. The summed E-state index contributed by atoms with van der Waals surface area (Å²) >= 11 is 5.06. The number of rotatable bonds is 3. The zero-order valence-electron chi connectivity index (χ0n) is 13.8. The first-order valence-electron chi connectivity index (χ1n) is 7.89. The van der Waals surface area contributed by atoms with E-state index in [1.54, 1.807) is 19.5 Å². The average Bonchev–Trinajstić information content (AvgIpc) is 3.09. The highest BCUT2D eigenvalue weighted by Gasteiger charge is 2.04. The molecule has 8 heteroatoms. The van der Waals surface area contributed by atoms with Crippen molar-refractivity contribution in [2.24, 2.45) is 5.10 Å². The van der Waals surface area contributed by atoms with Gasteiger partial charge in [-0.15, -0.1) is 0 Å². The summed E-state index contributed by atoms with van der Waals surface area (Å²) in [7, 11) is 0. The normalized spacial score (nSPS) is 11.4. The van der Waals surface area contributed by atoms with Crippen LogP contribution in [-0.4, -0.2) is 30.6 Å². The van der Waals surface area contributed by atoms with Gasteiger partial charge in [-0.25, -0.2) is 4.98 Å². The Labute approximate surface area is 153 Å². The number of benzene rings is 2. The lowest BCUT2D eigenvalue weighted by atomic mass is 10.2. The van der Waals surface area contributed by atoms with Gasteiger partial charge in [0.2, 0.25) is 4.77 Å². The number of hydrogen-bond acceptors (Lipinski definition) is 5. The lowest BCUT2D eigenvalue weighted by molar-refractivity contribution is 0.720. The summed E-state index contributed by atoms with van der Waals surface area (Å²) in [5.74, 6) is 0. The Morgan fingerprint density at radius 2 is 1.92 bits per heavy atom. The maximum absolute atomic E-state index is 12.0. The molecule has 0 amide bonds. The third-order valence-electron chi connectivity index (χ3n) is 3.96. The van der Waals surface area contributed by atoms with Gasteiger partial charge in [-0.3, -0.25) is 14.5 Å². The molecule has 0 aliphatic carbocycles. The standard InChI is InChI=1S/C18H14N6OS/c1-12-17(25)24(18(26)22-21-12)20-10-13-6-8-14(9-7-13)23-11-19-15-4-2-3-5-16(15)23/h2-11H,1H3,(H,22,26)/b20-10+. The van der Waals surface area contributed by atoms with Gasteiger partial charge in [0.05, 0.1) is 17.2 Å². The number of aromatic nitrogens is 5. The van der Waals surface area contributed by atoms with Crippen molar-refractivity contribution in [3.8, 4) is 5.69 Å². The van der Waals surface area contributed by atoms with Gasteiger partial charge >= 0.3 is 0 Å². The Morgan fingerprint density at radius 1 is 1.15 bits per heavy atom. The Kier molecular flexibility index (Phi) is 4.02. The first-order chi connectivity index (χ1) is 12.6. The first-order valence-corrected chi connectivity index (χ1v) is 8.29. The minimum atomic E-state index is -0.341. The second-order valence-corrected chi connectivity index (χ2v) is 6.06. The van der Waals surface area contributed by atoms with Crippen LogP contribution >= 0.6 is 12.2 Å². The highest BCUT2D eigenvalue weighted by Crippen LogP contribution is 2.17. The molecule has 1 N–H and O–H groups in total. The van der Waals surface area contributed by atoms with Crippen LogP contribution < -0.4 is 5.56 Å². The highest BCUT2D eigenvalue weighted by atomic mass is 32.1. The number of nitrogens with one attached hydrogen (secondary N) is 1. The third-order valence-corrected chi connectivity index (χ3v) is 4.22. The molecule has 0 atom stereocenters. The minimum Gasteiger partial charge on any atom is -0.299 e. The van der Waals surface area contributed by atoms with Gasteiger partial charge in [-0.05, 0) is 49.0 Å². The quantitative estimate of drug-likeness (QED) is 0.449. The lowest BCUT2D eigenvalue weighted by Gasteiger charge is -2.04. The van der Waals surface area contributed by atoms with Crippen LogP contribution in [0.2, 0.25) is 0 Å². The van der Waals surface area contributed by atoms with Crippen molar-refractivity contribution >= 4 is 29.5 Å². The summed E-state index contributed by atoms with van der Waals surface area (Å²) < 4.78 is 3.29. The van der Waals surface area contributed by atoms with Crippen molar-refractivity contribution in [1.82, 2.24) is 24.4 Å². The van der Waals surface area contributed by atoms with E-state index < -0.39 is 0 Å². The number of imidazole rings is 1. The summed E-state index contributed by atoms with van der Waals surface area (Å²) in [6, 6.07) is 15.7. The maximum atomic E-state index is 12.0. The van der Waals surface area contributed by atoms with E-state index >= 15 is 0 Å². The molecular formula is C18H14N6OS. The van der Waals surface area contributed by atoms with E-state index in [-0.39, 0.29) is 10.3 Å². The summed E-state index contributed by atoms with van der Waals surface area (Å²) in [6.45, 7) is 1.60. The second-order valence-electron chi connectivity index (χ2n) is 5.67. The smallest absolute Gasteiger partial charge is 0.296 e. The van der Waals surface area contributed by atoms with E-state index in [1.807, 2.05) is 53.1 Å². The molecule has 4 aromatic rings. The van der Waals surface area contributed by atoms with Crippen LogP contribution in [-0.2, 0) is 0 Å². The van der Waals surface area contributed by atoms with Crippen LogP contribution in [0.5, 0.6) is 0 Å². The van der Waals surface area contributed by atoms with Gasteiger partial charge in [0.25, 0.3) is 5.56 Å². The molecule has 0 saturated carbocycles. The van der Waals surface area contributed by atoms with E-state index in [0.29, 0.717) is 5.69 Å². The molecule has 2 heterocycles. The summed E-state index contributed by atoms with van der Waals surface area (Å²) in [5, 5.41) is 10.6. The summed E-state index contributed by atoms with van der Waals surface area (Å²) in [6.07, 6.45) is 3.38. The van der Waals surface area contributed by atoms with Crippen LogP contribution in [0.3, 0.4) is 0 Å². The van der Waals surface area contributed by atoms with E-state index in [0.717, 1.165) is 27.0 Å². The van der Waals surface area contributed by atoms with Crippen molar-refractivity contribution in [1.29, 1.82) is 0 Å². The zero-order chi connectivity index (χ0) is 18.1. The number of nitrogens with zero attached hydrogens (tertiary/aromatic N) is 5. The summed E-state index contributed by atoms with van der Waals surface area (Å²) in [4.78, 5) is 16.4. The molecule has 0 bridgehead atoms. The fourth-order valence-electron chi connectivity index (χ4n) is 2.59. The number of aryl methyl sites for hydroxylation is 1. The fourth-order valence-corrected chi connectivity index (χ4v) is 2.76. The monoisotopic (exact) mass is 362 g/mol. The number of para-hydroxylation sites is 2. The van der Waals surface area contributed by atoms with Gasteiger partial charge < -0.3 is 0 Å². The van der Waals surface area contributed by atoms with E-state index in [1.165, 1.54) is 0 Å². The largest absolute Gasteiger partial charge is 0.299 e. The second kappa shape index (κ2) is 6.49. The van der Waals surface area contributed by atoms with Crippen LogP contribution in [0.4, 0.5) is 0 Å². The molecule has 7 nitrogen and oxygen atoms in total. The van der Waals surface area contributed by atoms with E-state index in [4.69, 9.17) is 12.2 Å². The van der Waals surface area contributed by atoms with E-state index in [9.17, 15) is 4.79 Å².